The summed E-state index contributed by atoms with van der Waals surface area (Å²) < 4.78 is 10.8. The molecule has 7 nitrogen and oxygen atoms in total. The first-order valence-corrected chi connectivity index (χ1v) is 9.12. The third-order valence-electron chi connectivity index (χ3n) is 4.51. The molecule has 0 N–H and O–H groups in total. The molecule has 0 saturated carbocycles. The zero-order valence-electron chi connectivity index (χ0n) is 15.4. The number of nitrogens with zero attached hydrogens (tertiary/aromatic N) is 5. The third-order valence-corrected chi connectivity index (χ3v) is 4.51. The minimum atomic E-state index is 0.569. The number of benzene rings is 1. The maximum atomic E-state index is 5.42. The van der Waals surface area contributed by atoms with Crippen LogP contribution in [0.25, 0.3) is 11.4 Å². The van der Waals surface area contributed by atoms with Crippen molar-refractivity contribution < 1.29 is 9.26 Å². The third kappa shape index (κ3) is 4.50. The fraction of sp³-hybridized carbons (Fsp3) is 0.350. The van der Waals surface area contributed by atoms with Crippen molar-refractivity contribution in [3.63, 3.8) is 0 Å². The Morgan fingerprint density at radius 2 is 1.85 bits per heavy atom. The molecule has 0 unspecified atom stereocenters. The highest BCUT2D eigenvalue weighted by Crippen LogP contribution is 2.19. The van der Waals surface area contributed by atoms with Crippen LogP contribution in [0.1, 0.15) is 11.5 Å². The highest BCUT2D eigenvalue weighted by molar-refractivity contribution is 5.55. The van der Waals surface area contributed by atoms with Crippen molar-refractivity contribution in [2.75, 3.05) is 38.3 Å². The molecule has 3 aromatic rings. The molecule has 3 heterocycles. The van der Waals surface area contributed by atoms with E-state index in [1.807, 2.05) is 37.4 Å². The molecule has 0 atom stereocenters. The van der Waals surface area contributed by atoms with Gasteiger partial charge in [-0.05, 0) is 24.7 Å². The maximum absolute atomic E-state index is 5.42. The summed E-state index contributed by atoms with van der Waals surface area (Å²) in [6.07, 6.45) is 1.80. The van der Waals surface area contributed by atoms with Gasteiger partial charge in [0.15, 0.2) is 0 Å². The van der Waals surface area contributed by atoms with Gasteiger partial charge >= 0.3 is 0 Å². The maximum Gasteiger partial charge on any atom is 0.241 e. The Bertz CT molecular complexity index is 844. The highest BCUT2D eigenvalue weighted by atomic mass is 16.5. The van der Waals surface area contributed by atoms with E-state index in [1.165, 1.54) is 5.56 Å². The van der Waals surface area contributed by atoms with Crippen molar-refractivity contribution in [2.45, 2.75) is 13.1 Å². The van der Waals surface area contributed by atoms with Crippen LogP contribution in [0.3, 0.4) is 0 Å². The molecule has 140 valence electrons. The minimum absolute atomic E-state index is 0.569. The second-order valence-electron chi connectivity index (χ2n) is 6.67. The van der Waals surface area contributed by atoms with E-state index in [2.05, 4.69) is 37.1 Å². The monoisotopic (exact) mass is 365 g/mol. The fourth-order valence-corrected chi connectivity index (χ4v) is 3.12. The number of anilines is 1. The van der Waals surface area contributed by atoms with E-state index in [0.29, 0.717) is 18.3 Å². The lowest BCUT2D eigenvalue weighted by molar-refractivity contribution is 0.122. The minimum Gasteiger partial charge on any atom is -0.378 e. The van der Waals surface area contributed by atoms with E-state index in [1.54, 1.807) is 6.20 Å². The number of aromatic nitrogens is 3. The molecule has 7 heteroatoms. The molecular formula is C20H23N5O2. The van der Waals surface area contributed by atoms with Gasteiger partial charge in [-0.1, -0.05) is 35.5 Å². The van der Waals surface area contributed by atoms with Gasteiger partial charge in [0.2, 0.25) is 11.7 Å². The van der Waals surface area contributed by atoms with Crippen LogP contribution >= 0.6 is 0 Å². The second-order valence-corrected chi connectivity index (χ2v) is 6.67. The predicted molar refractivity (Wildman–Crippen MR) is 102 cm³/mol. The van der Waals surface area contributed by atoms with Crippen LogP contribution in [0.4, 0.5) is 5.82 Å². The summed E-state index contributed by atoms with van der Waals surface area (Å²) in [6.45, 7) is 4.65. The van der Waals surface area contributed by atoms with Gasteiger partial charge in [0.25, 0.3) is 0 Å². The Morgan fingerprint density at radius 1 is 1.04 bits per heavy atom. The number of rotatable bonds is 6. The lowest BCUT2D eigenvalue weighted by atomic mass is 10.2. The molecule has 1 aliphatic rings. The van der Waals surface area contributed by atoms with E-state index in [9.17, 15) is 0 Å². The van der Waals surface area contributed by atoms with Crippen molar-refractivity contribution in [3.05, 3.63) is 60.1 Å². The standard InChI is InChI=1S/C20H23N5O2/c1-24(14-16-5-3-2-4-6-16)15-19-22-20(23-27-19)17-7-8-18(21-13-17)25-9-11-26-12-10-25/h2-8,13H,9-12,14-15H2,1H3. The zero-order valence-corrected chi connectivity index (χ0v) is 15.4. The van der Waals surface area contributed by atoms with Gasteiger partial charge in [-0.15, -0.1) is 0 Å². The van der Waals surface area contributed by atoms with Gasteiger partial charge in [0.1, 0.15) is 5.82 Å². The summed E-state index contributed by atoms with van der Waals surface area (Å²) in [4.78, 5) is 13.4. The Morgan fingerprint density at radius 3 is 2.59 bits per heavy atom. The first-order valence-electron chi connectivity index (χ1n) is 9.12. The van der Waals surface area contributed by atoms with Crippen molar-refractivity contribution in [1.82, 2.24) is 20.0 Å². The molecule has 4 rings (SSSR count). The van der Waals surface area contributed by atoms with Crippen molar-refractivity contribution in [1.29, 1.82) is 0 Å². The van der Waals surface area contributed by atoms with Crippen molar-refractivity contribution in [2.24, 2.45) is 0 Å². The lowest BCUT2D eigenvalue weighted by Gasteiger charge is -2.27. The fourth-order valence-electron chi connectivity index (χ4n) is 3.12. The summed E-state index contributed by atoms with van der Waals surface area (Å²) in [5, 5.41) is 4.10. The lowest BCUT2D eigenvalue weighted by Crippen LogP contribution is -2.36. The molecule has 1 saturated heterocycles. The average Bonchev–Trinajstić information content (AvgIpc) is 3.18. The average molecular weight is 365 g/mol. The Kier molecular flexibility index (Phi) is 5.41. The SMILES string of the molecule is CN(Cc1ccccc1)Cc1nc(-c2ccc(N3CCOCC3)nc2)no1. The molecule has 1 fully saturated rings. The van der Waals surface area contributed by atoms with Gasteiger partial charge in [0.05, 0.1) is 19.8 Å². The summed E-state index contributed by atoms with van der Waals surface area (Å²) in [5.74, 6) is 2.12. The molecule has 0 radical (unpaired) electrons. The molecule has 0 bridgehead atoms. The van der Waals surface area contributed by atoms with Crippen LogP contribution in [0.5, 0.6) is 0 Å². The first-order chi connectivity index (χ1) is 13.3. The number of morpholine rings is 1. The smallest absolute Gasteiger partial charge is 0.241 e. The molecule has 0 aliphatic carbocycles. The largest absolute Gasteiger partial charge is 0.378 e. The summed E-state index contributed by atoms with van der Waals surface area (Å²) in [5.41, 5.74) is 2.11. The van der Waals surface area contributed by atoms with Gasteiger partial charge in [0, 0.05) is 31.4 Å². The van der Waals surface area contributed by atoms with E-state index >= 15 is 0 Å². The number of hydrogen-bond donors (Lipinski definition) is 0. The normalized spacial score (nSPS) is 14.7. The van der Waals surface area contributed by atoms with Crippen LogP contribution in [0.2, 0.25) is 0 Å². The van der Waals surface area contributed by atoms with Crippen LogP contribution in [0.15, 0.2) is 53.2 Å². The first kappa shape index (κ1) is 17.6. The molecule has 2 aromatic heterocycles. The quantitative estimate of drug-likeness (QED) is 0.665. The Balaban J connectivity index is 1.38. The molecule has 0 spiro atoms. The topological polar surface area (TPSA) is 67.5 Å². The zero-order chi connectivity index (χ0) is 18.5. The van der Waals surface area contributed by atoms with Crippen molar-refractivity contribution >= 4 is 5.82 Å². The van der Waals surface area contributed by atoms with E-state index in [0.717, 1.165) is 44.2 Å². The van der Waals surface area contributed by atoms with Crippen LogP contribution in [0, 0.1) is 0 Å². The summed E-state index contributed by atoms with van der Waals surface area (Å²) in [6, 6.07) is 14.3. The molecule has 27 heavy (non-hydrogen) atoms. The molecule has 0 amide bonds. The number of hydrogen-bond acceptors (Lipinski definition) is 7. The van der Waals surface area contributed by atoms with Crippen LogP contribution in [-0.4, -0.2) is 53.4 Å². The Labute approximate surface area is 158 Å². The summed E-state index contributed by atoms with van der Waals surface area (Å²) in [7, 11) is 2.04. The van der Waals surface area contributed by atoms with Crippen LogP contribution in [-0.2, 0) is 17.8 Å². The van der Waals surface area contributed by atoms with Crippen molar-refractivity contribution in [3.8, 4) is 11.4 Å². The number of ether oxygens (including phenoxy) is 1. The van der Waals surface area contributed by atoms with E-state index < -0.39 is 0 Å². The van der Waals surface area contributed by atoms with E-state index in [4.69, 9.17) is 9.26 Å². The van der Waals surface area contributed by atoms with Gasteiger partial charge in [-0.3, -0.25) is 4.90 Å². The molecule has 1 aliphatic heterocycles. The van der Waals surface area contributed by atoms with Gasteiger partial charge < -0.3 is 14.2 Å². The number of pyridine rings is 1. The summed E-state index contributed by atoms with van der Waals surface area (Å²) >= 11 is 0. The predicted octanol–water partition coefficient (Wildman–Crippen LogP) is 2.60. The molecular weight excluding hydrogens is 342 g/mol. The second kappa shape index (κ2) is 8.28. The van der Waals surface area contributed by atoms with E-state index in [-0.39, 0.29) is 0 Å². The van der Waals surface area contributed by atoms with Gasteiger partial charge in [-0.25, -0.2) is 4.98 Å². The highest BCUT2D eigenvalue weighted by Gasteiger charge is 2.14. The van der Waals surface area contributed by atoms with Crippen LogP contribution < -0.4 is 4.90 Å². The van der Waals surface area contributed by atoms with Gasteiger partial charge in [-0.2, -0.15) is 4.98 Å². The molecule has 1 aromatic carbocycles. The Hall–Kier alpha value is -2.77.